The van der Waals surface area contributed by atoms with Crippen LogP contribution in [0.4, 0.5) is 5.82 Å². The van der Waals surface area contributed by atoms with Crippen molar-refractivity contribution in [1.29, 1.82) is 0 Å². The van der Waals surface area contributed by atoms with Crippen LogP contribution in [0, 0.1) is 5.92 Å². The number of rotatable bonds is 4. The zero-order chi connectivity index (χ0) is 11.4. The molecule has 1 aromatic rings. The van der Waals surface area contributed by atoms with Crippen LogP contribution in [0.5, 0.6) is 0 Å². The lowest BCUT2D eigenvalue weighted by atomic mass is 9.89. The first-order valence-corrected chi connectivity index (χ1v) is 6.14. The van der Waals surface area contributed by atoms with Gasteiger partial charge < -0.3 is 10.5 Å². The minimum absolute atomic E-state index is 0.462. The summed E-state index contributed by atoms with van der Waals surface area (Å²) >= 11 is 0. The lowest BCUT2D eigenvalue weighted by Gasteiger charge is -2.26. The molecule has 1 saturated carbocycles. The molecule has 2 rings (SSSR count). The highest BCUT2D eigenvalue weighted by molar-refractivity contribution is 5.23. The Bertz CT molecular complexity index is 316. The number of nitrogens with two attached hydrogens (primary N) is 1. The summed E-state index contributed by atoms with van der Waals surface area (Å²) in [4.78, 5) is 0. The Kier molecular flexibility index (Phi) is 3.83. The van der Waals surface area contributed by atoms with Gasteiger partial charge in [-0.15, -0.1) is 0 Å². The molecule has 0 atom stereocenters. The van der Waals surface area contributed by atoms with E-state index in [9.17, 15) is 0 Å². The summed E-state index contributed by atoms with van der Waals surface area (Å²) in [5, 5.41) is 4.12. The van der Waals surface area contributed by atoms with E-state index in [0.29, 0.717) is 11.9 Å². The summed E-state index contributed by atoms with van der Waals surface area (Å²) in [6, 6.07) is 1.81. The topological polar surface area (TPSA) is 53.1 Å². The maximum absolute atomic E-state index is 5.84. The van der Waals surface area contributed by atoms with Crippen molar-refractivity contribution in [2.45, 2.75) is 45.3 Å². The Morgan fingerprint density at radius 1 is 1.44 bits per heavy atom. The third-order valence-electron chi connectivity index (χ3n) is 3.30. The van der Waals surface area contributed by atoms with Gasteiger partial charge in [0.15, 0.2) is 0 Å². The first-order valence-electron chi connectivity index (χ1n) is 6.14. The normalized spacial score (nSPS) is 25.8. The van der Waals surface area contributed by atoms with E-state index in [1.807, 2.05) is 16.9 Å². The third kappa shape index (κ3) is 3.23. The molecular weight excluding hydrogens is 202 g/mol. The van der Waals surface area contributed by atoms with Crippen LogP contribution in [-0.2, 0) is 11.3 Å². The molecular formula is C12H21N3O. The summed E-state index contributed by atoms with van der Waals surface area (Å²) in [6.45, 7) is 3.85. The maximum Gasteiger partial charge on any atom is 0.145 e. The molecule has 90 valence electrons. The van der Waals surface area contributed by atoms with Crippen molar-refractivity contribution in [3.05, 3.63) is 12.3 Å². The second-order valence-corrected chi connectivity index (χ2v) is 4.76. The van der Waals surface area contributed by atoms with Crippen molar-refractivity contribution >= 4 is 5.82 Å². The van der Waals surface area contributed by atoms with Gasteiger partial charge in [0.25, 0.3) is 0 Å². The summed E-state index contributed by atoms with van der Waals surface area (Å²) in [6.07, 6.45) is 7.38. The van der Waals surface area contributed by atoms with Crippen molar-refractivity contribution < 1.29 is 4.74 Å². The van der Waals surface area contributed by atoms with Gasteiger partial charge >= 0.3 is 0 Å². The molecule has 0 aromatic carbocycles. The minimum Gasteiger partial charge on any atom is -0.382 e. The highest BCUT2D eigenvalue weighted by atomic mass is 16.5. The second-order valence-electron chi connectivity index (χ2n) is 4.76. The number of hydrogen-bond acceptors (Lipinski definition) is 3. The van der Waals surface area contributed by atoms with Crippen LogP contribution < -0.4 is 5.73 Å². The number of anilines is 1. The van der Waals surface area contributed by atoms with Crippen LogP contribution in [0.15, 0.2) is 12.3 Å². The average Bonchev–Trinajstić information content (AvgIpc) is 2.67. The van der Waals surface area contributed by atoms with Crippen molar-refractivity contribution in [1.82, 2.24) is 9.78 Å². The quantitative estimate of drug-likeness (QED) is 0.850. The van der Waals surface area contributed by atoms with Gasteiger partial charge in [0, 0.05) is 6.20 Å². The van der Waals surface area contributed by atoms with Crippen molar-refractivity contribution in [2.24, 2.45) is 5.92 Å². The first kappa shape index (κ1) is 11.5. The Hall–Kier alpha value is -1.03. The van der Waals surface area contributed by atoms with Gasteiger partial charge in [0.05, 0.1) is 19.3 Å². The molecule has 4 heteroatoms. The fourth-order valence-electron chi connectivity index (χ4n) is 2.21. The molecule has 4 nitrogen and oxygen atoms in total. The summed E-state index contributed by atoms with van der Waals surface area (Å²) in [5.41, 5.74) is 5.54. The van der Waals surface area contributed by atoms with Gasteiger partial charge in [-0.1, -0.05) is 6.92 Å². The van der Waals surface area contributed by atoms with E-state index < -0.39 is 0 Å². The van der Waals surface area contributed by atoms with Crippen molar-refractivity contribution in [2.75, 3.05) is 12.3 Å². The van der Waals surface area contributed by atoms with Crippen LogP contribution in [0.2, 0.25) is 0 Å². The highest BCUT2D eigenvalue weighted by Gasteiger charge is 2.18. The van der Waals surface area contributed by atoms with Gasteiger partial charge in [-0.3, -0.25) is 4.68 Å². The van der Waals surface area contributed by atoms with Gasteiger partial charge in [-0.25, -0.2) is 0 Å². The molecule has 1 fully saturated rings. The number of nitrogens with zero attached hydrogens (tertiary/aromatic N) is 2. The van der Waals surface area contributed by atoms with Gasteiger partial charge in [0.1, 0.15) is 5.82 Å². The number of nitrogen functional groups attached to an aromatic ring is 1. The number of ether oxygens (including phenoxy) is 1. The lowest BCUT2D eigenvalue weighted by molar-refractivity contribution is 0.0147. The first-order chi connectivity index (χ1) is 7.74. The van der Waals surface area contributed by atoms with Crippen molar-refractivity contribution in [3.8, 4) is 0 Å². The predicted molar refractivity (Wildman–Crippen MR) is 64.0 cm³/mol. The van der Waals surface area contributed by atoms with Gasteiger partial charge in [-0.05, 0) is 37.7 Å². The molecule has 0 amide bonds. The molecule has 0 spiro atoms. The van der Waals surface area contributed by atoms with E-state index in [0.717, 1.165) is 19.1 Å². The van der Waals surface area contributed by atoms with Crippen LogP contribution >= 0.6 is 0 Å². The Morgan fingerprint density at radius 2 is 2.19 bits per heavy atom. The van der Waals surface area contributed by atoms with E-state index >= 15 is 0 Å². The largest absolute Gasteiger partial charge is 0.382 e. The molecule has 0 unspecified atom stereocenters. The Balaban J connectivity index is 1.64. The Morgan fingerprint density at radius 3 is 2.81 bits per heavy atom. The molecule has 0 aliphatic heterocycles. The standard InChI is InChI=1S/C12H21N3O/c1-10-2-4-11(5-3-10)16-9-8-15-7-6-12(13)14-15/h6-7,10-11H,2-5,8-9H2,1H3,(H2,13,14). The fourth-order valence-corrected chi connectivity index (χ4v) is 2.21. The lowest BCUT2D eigenvalue weighted by Crippen LogP contribution is -2.22. The predicted octanol–water partition coefficient (Wildman–Crippen LogP) is 2.06. The summed E-state index contributed by atoms with van der Waals surface area (Å²) in [7, 11) is 0. The molecule has 16 heavy (non-hydrogen) atoms. The minimum atomic E-state index is 0.462. The van der Waals surface area contributed by atoms with Gasteiger partial charge in [0.2, 0.25) is 0 Å². The van der Waals surface area contributed by atoms with Gasteiger partial charge in [-0.2, -0.15) is 5.10 Å². The SMILES string of the molecule is CC1CCC(OCCn2ccc(N)n2)CC1. The fraction of sp³-hybridized carbons (Fsp3) is 0.750. The molecule has 1 aromatic heterocycles. The monoisotopic (exact) mass is 223 g/mol. The zero-order valence-electron chi connectivity index (χ0n) is 9.93. The number of aromatic nitrogens is 2. The van der Waals surface area contributed by atoms with Crippen LogP contribution in [0.3, 0.4) is 0 Å². The summed E-state index contributed by atoms with van der Waals surface area (Å²) < 4.78 is 7.68. The maximum atomic E-state index is 5.84. The Labute approximate surface area is 96.8 Å². The molecule has 1 aliphatic carbocycles. The molecule has 2 N–H and O–H groups in total. The molecule has 0 radical (unpaired) electrons. The van der Waals surface area contributed by atoms with E-state index in [1.165, 1.54) is 25.7 Å². The molecule has 0 bridgehead atoms. The number of hydrogen-bond donors (Lipinski definition) is 1. The molecule has 1 aliphatic rings. The van der Waals surface area contributed by atoms with E-state index in [1.54, 1.807) is 0 Å². The average molecular weight is 223 g/mol. The highest BCUT2D eigenvalue weighted by Crippen LogP contribution is 2.25. The van der Waals surface area contributed by atoms with Crippen molar-refractivity contribution in [3.63, 3.8) is 0 Å². The summed E-state index contributed by atoms with van der Waals surface area (Å²) in [5.74, 6) is 1.46. The van der Waals surface area contributed by atoms with Crippen LogP contribution in [-0.4, -0.2) is 22.5 Å². The molecule has 0 saturated heterocycles. The van der Waals surface area contributed by atoms with E-state index in [4.69, 9.17) is 10.5 Å². The molecule has 1 heterocycles. The third-order valence-corrected chi connectivity index (χ3v) is 3.30. The van der Waals surface area contributed by atoms with Crippen LogP contribution in [0.1, 0.15) is 32.6 Å². The van der Waals surface area contributed by atoms with Crippen LogP contribution in [0.25, 0.3) is 0 Å². The van der Waals surface area contributed by atoms with E-state index in [2.05, 4.69) is 12.0 Å². The van der Waals surface area contributed by atoms with E-state index in [-0.39, 0.29) is 0 Å². The smallest absolute Gasteiger partial charge is 0.145 e. The second kappa shape index (κ2) is 5.34. The zero-order valence-corrected chi connectivity index (χ0v) is 9.93.